The Labute approximate surface area is 146 Å². The van der Waals surface area contributed by atoms with Gasteiger partial charge in [0.15, 0.2) is 11.6 Å². The number of nitrogens with zero attached hydrogens (tertiary/aromatic N) is 2. The van der Waals surface area contributed by atoms with Crippen molar-refractivity contribution in [2.24, 2.45) is 0 Å². The Kier molecular flexibility index (Phi) is 5.23. The van der Waals surface area contributed by atoms with E-state index < -0.39 is 5.82 Å². The smallest absolute Gasteiger partial charge is 0.186 e. The van der Waals surface area contributed by atoms with E-state index in [0.29, 0.717) is 12.1 Å². The number of ether oxygens (including phenoxy) is 1. The lowest BCUT2D eigenvalue weighted by Gasteiger charge is -2.21. The number of methoxy groups -OCH3 is 1. The van der Waals surface area contributed by atoms with Crippen molar-refractivity contribution in [3.63, 3.8) is 0 Å². The molecule has 0 saturated carbocycles. The maximum atomic E-state index is 14.6. The number of rotatable bonds is 6. The SMILES string of the molecule is CCc1ncnc(NC(c2ccccc2)c2ccc(OC)cc2)c1F. The van der Waals surface area contributed by atoms with Crippen molar-refractivity contribution in [2.45, 2.75) is 19.4 Å². The number of hydrogen-bond donors (Lipinski definition) is 1. The highest BCUT2D eigenvalue weighted by molar-refractivity contribution is 5.46. The number of benzene rings is 2. The Morgan fingerprint density at radius 1 is 1.00 bits per heavy atom. The number of aryl methyl sites for hydroxylation is 1. The summed E-state index contributed by atoms with van der Waals surface area (Å²) >= 11 is 0. The molecular weight excluding hydrogens is 317 g/mol. The zero-order valence-corrected chi connectivity index (χ0v) is 14.2. The molecule has 0 radical (unpaired) electrons. The second-order valence-corrected chi connectivity index (χ2v) is 5.60. The number of halogens is 1. The standard InChI is InChI=1S/C20H20FN3O/c1-3-17-18(21)20(23-13-22-17)24-19(14-7-5-4-6-8-14)15-9-11-16(25-2)12-10-15/h4-13,19H,3H2,1-2H3,(H,22,23,24). The van der Waals surface area contributed by atoms with Crippen LogP contribution in [0.2, 0.25) is 0 Å². The summed E-state index contributed by atoms with van der Waals surface area (Å²) in [6, 6.07) is 17.3. The second-order valence-electron chi connectivity index (χ2n) is 5.60. The minimum absolute atomic E-state index is 0.205. The van der Waals surface area contributed by atoms with E-state index >= 15 is 0 Å². The predicted octanol–water partition coefficient (Wildman–Crippen LogP) is 4.39. The summed E-state index contributed by atoms with van der Waals surface area (Å²) in [6.07, 6.45) is 1.90. The van der Waals surface area contributed by atoms with E-state index in [1.54, 1.807) is 7.11 Å². The second kappa shape index (κ2) is 7.75. The van der Waals surface area contributed by atoms with Crippen molar-refractivity contribution in [1.82, 2.24) is 9.97 Å². The first-order valence-electron chi connectivity index (χ1n) is 8.17. The number of nitrogens with one attached hydrogen (secondary N) is 1. The van der Waals surface area contributed by atoms with Crippen LogP contribution in [0.1, 0.15) is 29.8 Å². The van der Waals surface area contributed by atoms with E-state index in [-0.39, 0.29) is 11.9 Å². The summed E-state index contributed by atoms with van der Waals surface area (Å²) in [6.45, 7) is 1.87. The maximum Gasteiger partial charge on any atom is 0.186 e. The highest BCUT2D eigenvalue weighted by Gasteiger charge is 2.18. The Morgan fingerprint density at radius 3 is 2.32 bits per heavy atom. The molecule has 0 saturated heterocycles. The lowest BCUT2D eigenvalue weighted by atomic mass is 9.98. The van der Waals surface area contributed by atoms with Crippen LogP contribution in [0.3, 0.4) is 0 Å². The molecule has 5 heteroatoms. The van der Waals surface area contributed by atoms with Crippen LogP contribution in [0.5, 0.6) is 5.75 Å². The summed E-state index contributed by atoms with van der Waals surface area (Å²) in [7, 11) is 1.63. The summed E-state index contributed by atoms with van der Waals surface area (Å²) in [5, 5.41) is 3.23. The van der Waals surface area contributed by atoms with Crippen molar-refractivity contribution in [3.05, 3.63) is 83.6 Å². The average molecular weight is 337 g/mol. The van der Waals surface area contributed by atoms with Gasteiger partial charge in [-0.3, -0.25) is 0 Å². The summed E-state index contributed by atoms with van der Waals surface area (Å²) in [4.78, 5) is 8.08. The molecule has 0 spiro atoms. The van der Waals surface area contributed by atoms with Crippen LogP contribution in [0.15, 0.2) is 60.9 Å². The largest absolute Gasteiger partial charge is 0.497 e. The molecular formula is C20H20FN3O. The van der Waals surface area contributed by atoms with Crippen molar-refractivity contribution in [3.8, 4) is 5.75 Å². The molecule has 2 aromatic carbocycles. The van der Waals surface area contributed by atoms with Gasteiger partial charge in [0.1, 0.15) is 12.1 Å². The van der Waals surface area contributed by atoms with Crippen LogP contribution in [0, 0.1) is 5.82 Å². The molecule has 1 unspecified atom stereocenters. The Morgan fingerprint density at radius 2 is 1.68 bits per heavy atom. The fraction of sp³-hybridized carbons (Fsp3) is 0.200. The quantitative estimate of drug-likeness (QED) is 0.725. The number of anilines is 1. The molecule has 1 atom stereocenters. The Hall–Kier alpha value is -2.95. The van der Waals surface area contributed by atoms with E-state index in [0.717, 1.165) is 16.9 Å². The van der Waals surface area contributed by atoms with E-state index in [4.69, 9.17) is 4.74 Å². The molecule has 1 heterocycles. The third kappa shape index (κ3) is 3.76. The number of aromatic nitrogens is 2. The van der Waals surface area contributed by atoms with Gasteiger partial charge in [-0.15, -0.1) is 0 Å². The highest BCUT2D eigenvalue weighted by Crippen LogP contribution is 2.28. The molecule has 0 aliphatic carbocycles. The fourth-order valence-electron chi connectivity index (χ4n) is 2.69. The normalized spacial score (nSPS) is 11.8. The molecule has 0 fully saturated rings. The van der Waals surface area contributed by atoms with Gasteiger partial charge >= 0.3 is 0 Å². The fourth-order valence-corrected chi connectivity index (χ4v) is 2.69. The van der Waals surface area contributed by atoms with Gasteiger partial charge in [-0.1, -0.05) is 49.4 Å². The topological polar surface area (TPSA) is 47.0 Å². The summed E-state index contributed by atoms with van der Waals surface area (Å²) < 4.78 is 19.8. The highest BCUT2D eigenvalue weighted by atomic mass is 19.1. The summed E-state index contributed by atoms with van der Waals surface area (Å²) in [5.74, 6) is 0.577. The van der Waals surface area contributed by atoms with Crippen LogP contribution in [-0.2, 0) is 6.42 Å². The maximum absolute atomic E-state index is 14.6. The minimum Gasteiger partial charge on any atom is -0.497 e. The van der Waals surface area contributed by atoms with Crippen LogP contribution in [0.4, 0.5) is 10.2 Å². The van der Waals surface area contributed by atoms with Crippen LogP contribution in [-0.4, -0.2) is 17.1 Å². The Balaban J connectivity index is 2.00. The van der Waals surface area contributed by atoms with Gasteiger partial charge < -0.3 is 10.1 Å². The zero-order chi connectivity index (χ0) is 17.6. The van der Waals surface area contributed by atoms with E-state index in [9.17, 15) is 4.39 Å². The molecule has 0 aliphatic rings. The first-order chi connectivity index (χ1) is 12.2. The van der Waals surface area contributed by atoms with E-state index in [2.05, 4.69) is 15.3 Å². The first kappa shape index (κ1) is 16.9. The van der Waals surface area contributed by atoms with Crippen molar-refractivity contribution in [1.29, 1.82) is 0 Å². The molecule has 1 aromatic heterocycles. The van der Waals surface area contributed by atoms with Gasteiger partial charge in [0.25, 0.3) is 0 Å². The van der Waals surface area contributed by atoms with Crippen molar-refractivity contribution >= 4 is 5.82 Å². The molecule has 0 aliphatic heterocycles. The van der Waals surface area contributed by atoms with Crippen molar-refractivity contribution < 1.29 is 9.13 Å². The molecule has 0 amide bonds. The van der Waals surface area contributed by atoms with E-state index in [1.807, 2.05) is 61.5 Å². The molecule has 1 N–H and O–H groups in total. The summed E-state index contributed by atoms with van der Waals surface area (Å²) in [5.41, 5.74) is 2.41. The van der Waals surface area contributed by atoms with Gasteiger partial charge in [-0.05, 0) is 29.7 Å². The Bertz CT molecular complexity index is 822. The molecule has 3 aromatic rings. The monoisotopic (exact) mass is 337 g/mol. The molecule has 25 heavy (non-hydrogen) atoms. The van der Waals surface area contributed by atoms with Crippen molar-refractivity contribution in [2.75, 3.05) is 12.4 Å². The predicted molar refractivity (Wildman–Crippen MR) is 96.3 cm³/mol. The average Bonchev–Trinajstić information content (AvgIpc) is 2.68. The van der Waals surface area contributed by atoms with Gasteiger partial charge in [0.2, 0.25) is 0 Å². The number of hydrogen-bond acceptors (Lipinski definition) is 4. The minimum atomic E-state index is -0.403. The third-order valence-corrected chi connectivity index (χ3v) is 4.06. The van der Waals surface area contributed by atoms with Crippen LogP contribution in [0.25, 0.3) is 0 Å². The van der Waals surface area contributed by atoms with E-state index in [1.165, 1.54) is 6.33 Å². The lowest BCUT2D eigenvalue weighted by Crippen LogP contribution is -2.15. The van der Waals surface area contributed by atoms with Gasteiger partial charge in [-0.25, -0.2) is 14.4 Å². The lowest BCUT2D eigenvalue weighted by molar-refractivity contribution is 0.414. The van der Waals surface area contributed by atoms with Gasteiger partial charge in [-0.2, -0.15) is 0 Å². The molecule has 0 bridgehead atoms. The molecule has 3 rings (SSSR count). The first-order valence-corrected chi connectivity index (χ1v) is 8.17. The van der Waals surface area contributed by atoms with Gasteiger partial charge in [0, 0.05) is 0 Å². The molecule has 128 valence electrons. The third-order valence-electron chi connectivity index (χ3n) is 4.06. The van der Waals surface area contributed by atoms with Crippen LogP contribution >= 0.6 is 0 Å². The molecule has 4 nitrogen and oxygen atoms in total. The zero-order valence-electron chi connectivity index (χ0n) is 14.2. The van der Waals surface area contributed by atoms with Gasteiger partial charge in [0.05, 0.1) is 18.8 Å². The van der Waals surface area contributed by atoms with Crippen LogP contribution < -0.4 is 10.1 Å².